The van der Waals surface area contributed by atoms with Gasteiger partial charge in [0.05, 0.1) is 11.0 Å². The molecule has 0 aliphatic heterocycles. The van der Waals surface area contributed by atoms with E-state index in [1.807, 2.05) is 66.7 Å². The zero-order valence-electron chi connectivity index (χ0n) is 17.4. The lowest BCUT2D eigenvalue weighted by atomic mass is 10.1. The molecule has 0 bridgehead atoms. The molecule has 0 spiro atoms. The van der Waals surface area contributed by atoms with Crippen LogP contribution in [0.4, 0.5) is 16.2 Å². The summed E-state index contributed by atoms with van der Waals surface area (Å²) >= 11 is 0. The molecule has 2 amide bonds. The quantitative estimate of drug-likeness (QED) is 0.446. The van der Waals surface area contributed by atoms with Crippen molar-refractivity contribution in [2.75, 3.05) is 10.6 Å². The van der Waals surface area contributed by atoms with Crippen molar-refractivity contribution in [3.8, 4) is 0 Å². The fraction of sp³-hybridized carbons (Fsp3) is 0.200. The Bertz CT molecular complexity index is 1140. The van der Waals surface area contributed by atoms with Crippen molar-refractivity contribution >= 4 is 28.4 Å². The number of aromatic nitrogens is 2. The SMILES string of the molecule is CCc1ccc(NC(=O)Nc2ccc(CCc3nc4ccccc4n3C)cc2)cc1. The third kappa shape index (κ3) is 4.51. The second kappa shape index (κ2) is 8.82. The Morgan fingerprint density at radius 1 is 0.833 bits per heavy atom. The lowest BCUT2D eigenvalue weighted by Gasteiger charge is -2.09. The molecule has 5 heteroatoms. The minimum atomic E-state index is -0.244. The van der Waals surface area contributed by atoms with Crippen LogP contribution in [-0.2, 0) is 26.3 Å². The predicted molar refractivity (Wildman–Crippen MR) is 123 cm³/mol. The maximum Gasteiger partial charge on any atom is 0.323 e. The Labute approximate surface area is 176 Å². The number of aryl methyl sites for hydroxylation is 4. The summed E-state index contributed by atoms with van der Waals surface area (Å²) < 4.78 is 2.16. The van der Waals surface area contributed by atoms with Gasteiger partial charge in [-0.3, -0.25) is 0 Å². The van der Waals surface area contributed by atoms with Crippen molar-refractivity contribution in [3.63, 3.8) is 0 Å². The third-order valence-corrected chi connectivity index (χ3v) is 5.35. The van der Waals surface area contributed by atoms with Gasteiger partial charge in [0.2, 0.25) is 0 Å². The zero-order chi connectivity index (χ0) is 20.9. The van der Waals surface area contributed by atoms with Gasteiger partial charge >= 0.3 is 6.03 Å². The third-order valence-electron chi connectivity index (χ3n) is 5.35. The molecule has 0 unspecified atom stereocenters. The van der Waals surface area contributed by atoms with Crippen molar-refractivity contribution in [1.29, 1.82) is 0 Å². The van der Waals surface area contributed by atoms with Crippen LogP contribution in [0.2, 0.25) is 0 Å². The number of anilines is 2. The van der Waals surface area contributed by atoms with Gasteiger partial charge in [0, 0.05) is 24.8 Å². The second-order valence-corrected chi connectivity index (χ2v) is 7.40. The van der Waals surface area contributed by atoms with E-state index in [4.69, 9.17) is 4.98 Å². The van der Waals surface area contributed by atoms with E-state index in [2.05, 4.69) is 35.2 Å². The van der Waals surface area contributed by atoms with Crippen LogP contribution in [0.1, 0.15) is 23.9 Å². The fourth-order valence-corrected chi connectivity index (χ4v) is 3.55. The number of hydrogen-bond acceptors (Lipinski definition) is 2. The summed E-state index contributed by atoms with van der Waals surface area (Å²) in [7, 11) is 2.06. The number of urea groups is 1. The normalized spacial score (nSPS) is 10.9. The first-order valence-corrected chi connectivity index (χ1v) is 10.3. The molecule has 0 saturated carbocycles. The predicted octanol–water partition coefficient (Wildman–Crippen LogP) is 5.56. The molecule has 3 aromatic carbocycles. The smallest absolute Gasteiger partial charge is 0.323 e. The molecule has 4 rings (SSSR count). The molecule has 152 valence electrons. The van der Waals surface area contributed by atoms with E-state index in [9.17, 15) is 4.79 Å². The van der Waals surface area contributed by atoms with Gasteiger partial charge in [0.15, 0.2) is 0 Å². The number of fused-ring (bicyclic) bond motifs is 1. The maximum atomic E-state index is 12.2. The Balaban J connectivity index is 1.33. The zero-order valence-corrected chi connectivity index (χ0v) is 17.4. The van der Waals surface area contributed by atoms with Crippen molar-refractivity contribution in [1.82, 2.24) is 9.55 Å². The van der Waals surface area contributed by atoms with Crippen molar-refractivity contribution in [2.45, 2.75) is 26.2 Å². The van der Waals surface area contributed by atoms with E-state index in [-0.39, 0.29) is 6.03 Å². The molecule has 2 N–H and O–H groups in total. The Hall–Kier alpha value is -3.60. The minimum absolute atomic E-state index is 0.244. The first-order chi connectivity index (χ1) is 14.6. The number of rotatable bonds is 6. The van der Waals surface area contributed by atoms with Crippen LogP contribution in [0.5, 0.6) is 0 Å². The van der Waals surface area contributed by atoms with Gasteiger partial charge in [-0.2, -0.15) is 0 Å². The molecule has 30 heavy (non-hydrogen) atoms. The Morgan fingerprint density at radius 3 is 2.03 bits per heavy atom. The summed E-state index contributed by atoms with van der Waals surface area (Å²) in [6.45, 7) is 2.11. The van der Waals surface area contributed by atoms with Gasteiger partial charge in [-0.25, -0.2) is 9.78 Å². The molecule has 1 heterocycles. The second-order valence-electron chi connectivity index (χ2n) is 7.40. The van der Waals surface area contributed by atoms with Crippen LogP contribution >= 0.6 is 0 Å². The lowest BCUT2D eigenvalue weighted by Crippen LogP contribution is -2.19. The molecule has 0 fully saturated rings. The number of carbonyl (C=O) groups is 1. The highest BCUT2D eigenvalue weighted by Crippen LogP contribution is 2.17. The van der Waals surface area contributed by atoms with Gasteiger partial charge < -0.3 is 15.2 Å². The first-order valence-electron chi connectivity index (χ1n) is 10.3. The van der Waals surface area contributed by atoms with Crippen LogP contribution in [-0.4, -0.2) is 15.6 Å². The number of imidazole rings is 1. The van der Waals surface area contributed by atoms with Gasteiger partial charge in [0.25, 0.3) is 0 Å². The minimum Gasteiger partial charge on any atom is -0.331 e. The van der Waals surface area contributed by atoms with Gasteiger partial charge in [0.1, 0.15) is 5.82 Å². The number of benzene rings is 3. The summed E-state index contributed by atoms with van der Waals surface area (Å²) in [6, 6.07) is 23.8. The van der Waals surface area contributed by atoms with Crippen LogP contribution in [0.3, 0.4) is 0 Å². The number of para-hydroxylation sites is 2. The number of amides is 2. The molecule has 4 aromatic rings. The highest BCUT2D eigenvalue weighted by atomic mass is 16.2. The summed E-state index contributed by atoms with van der Waals surface area (Å²) in [4.78, 5) is 17.0. The van der Waals surface area contributed by atoms with E-state index in [0.29, 0.717) is 0 Å². The van der Waals surface area contributed by atoms with Gasteiger partial charge in [-0.15, -0.1) is 0 Å². The summed E-state index contributed by atoms with van der Waals surface area (Å²) in [5.41, 5.74) is 6.19. The van der Waals surface area contributed by atoms with Crippen molar-refractivity contribution in [2.24, 2.45) is 7.05 Å². The number of carbonyl (C=O) groups excluding carboxylic acids is 1. The Morgan fingerprint density at radius 2 is 1.43 bits per heavy atom. The maximum absolute atomic E-state index is 12.2. The summed E-state index contributed by atoms with van der Waals surface area (Å²) in [6.07, 6.45) is 2.75. The van der Waals surface area contributed by atoms with Gasteiger partial charge in [-0.05, 0) is 60.4 Å². The molecule has 1 aromatic heterocycles. The topological polar surface area (TPSA) is 59.0 Å². The molecular formula is C25H26N4O. The highest BCUT2D eigenvalue weighted by Gasteiger charge is 2.08. The molecule has 0 saturated heterocycles. The average molecular weight is 399 g/mol. The van der Waals surface area contributed by atoms with E-state index in [1.54, 1.807) is 0 Å². The number of hydrogen-bond donors (Lipinski definition) is 2. The number of nitrogens with zero attached hydrogens (tertiary/aromatic N) is 2. The fourth-order valence-electron chi connectivity index (χ4n) is 3.55. The van der Waals surface area contributed by atoms with E-state index in [0.717, 1.165) is 47.5 Å². The molecule has 0 aliphatic carbocycles. The average Bonchev–Trinajstić information content (AvgIpc) is 3.09. The summed E-state index contributed by atoms with van der Waals surface area (Å²) in [5, 5.41) is 5.74. The number of nitrogens with one attached hydrogen (secondary N) is 2. The van der Waals surface area contributed by atoms with Crippen molar-refractivity contribution in [3.05, 3.63) is 89.7 Å². The monoisotopic (exact) mass is 398 g/mol. The van der Waals surface area contributed by atoms with E-state index >= 15 is 0 Å². The Kier molecular flexibility index (Phi) is 5.80. The standard InChI is InChI=1S/C25H26N4O/c1-3-18-8-13-20(14-9-18)26-25(30)27-21-15-10-19(11-16-21)12-17-24-28-22-6-4-5-7-23(22)29(24)2/h4-11,13-16H,3,12,17H2,1-2H3,(H2,26,27,30). The molecule has 5 nitrogen and oxygen atoms in total. The van der Waals surface area contributed by atoms with Crippen LogP contribution < -0.4 is 10.6 Å². The van der Waals surface area contributed by atoms with E-state index in [1.165, 1.54) is 11.1 Å². The summed E-state index contributed by atoms with van der Waals surface area (Å²) in [5.74, 6) is 1.08. The largest absolute Gasteiger partial charge is 0.331 e. The molecule has 0 atom stereocenters. The molecular weight excluding hydrogens is 372 g/mol. The lowest BCUT2D eigenvalue weighted by molar-refractivity contribution is 0.262. The molecule has 0 aliphatic rings. The molecule has 0 radical (unpaired) electrons. The first kappa shape index (κ1) is 19.7. The highest BCUT2D eigenvalue weighted by molar-refractivity contribution is 5.99. The van der Waals surface area contributed by atoms with Crippen LogP contribution in [0, 0.1) is 0 Å². The van der Waals surface area contributed by atoms with Gasteiger partial charge in [-0.1, -0.05) is 43.3 Å². The van der Waals surface area contributed by atoms with E-state index < -0.39 is 0 Å². The van der Waals surface area contributed by atoms with Crippen LogP contribution in [0.25, 0.3) is 11.0 Å². The van der Waals surface area contributed by atoms with Crippen LogP contribution in [0.15, 0.2) is 72.8 Å². The van der Waals surface area contributed by atoms with Crippen molar-refractivity contribution < 1.29 is 4.79 Å².